The maximum absolute atomic E-state index is 8.88. The fraction of sp³-hybridized carbons (Fsp3) is 0.273. The largest absolute Gasteiger partial charge is 0.459 e. The molecule has 3 N–H and O–H groups in total. The minimum absolute atomic E-state index is 0.0984. The molecule has 0 fully saturated rings. The van der Waals surface area contributed by atoms with Crippen molar-refractivity contribution >= 4 is 11.0 Å². The molecule has 0 radical (unpaired) electrons. The van der Waals surface area contributed by atoms with E-state index in [1.807, 2.05) is 31.2 Å². The average molecular weight is 191 g/mol. The molecule has 0 bridgehead atoms. The lowest BCUT2D eigenvalue weighted by molar-refractivity contribution is 0.254. The summed E-state index contributed by atoms with van der Waals surface area (Å²) in [6, 6.07) is 7.39. The normalized spacial score (nSPS) is 13.4. The highest BCUT2D eigenvalue weighted by Crippen LogP contribution is 2.23. The molecule has 1 heterocycles. The van der Waals surface area contributed by atoms with Gasteiger partial charge >= 0.3 is 0 Å². The number of hydrogen-bond acceptors (Lipinski definition) is 3. The van der Waals surface area contributed by atoms with Crippen LogP contribution < -0.4 is 5.73 Å². The maximum atomic E-state index is 8.88. The van der Waals surface area contributed by atoms with Crippen molar-refractivity contribution in [3.8, 4) is 0 Å². The van der Waals surface area contributed by atoms with E-state index in [1.54, 1.807) is 0 Å². The molecule has 0 unspecified atom stereocenters. The van der Waals surface area contributed by atoms with Gasteiger partial charge in [0.05, 0.1) is 12.6 Å². The van der Waals surface area contributed by atoms with Crippen molar-refractivity contribution in [1.29, 1.82) is 0 Å². The second kappa shape index (κ2) is 3.44. The van der Waals surface area contributed by atoms with Crippen LogP contribution in [0.4, 0.5) is 0 Å². The predicted molar refractivity (Wildman–Crippen MR) is 55.0 cm³/mol. The van der Waals surface area contributed by atoms with E-state index in [-0.39, 0.29) is 6.61 Å². The SMILES string of the molecule is Cc1ccc2oc([C@H](N)CO)cc2c1. The zero-order chi connectivity index (χ0) is 10.1. The fourth-order valence-electron chi connectivity index (χ4n) is 1.46. The number of nitrogens with two attached hydrogens (primary N) is 1. The summed E-state index contributed by atoms with van der Waals surface area (Å²) in [4.78, 5) is 0. The lowest BCUT2D eigenvalue weighted by atomic mass is 10.1. The number of aliphatic hydroxyl groups is 1. The van der Waals surface area contributed by atoms with Crippen molar-refractivity contribution in [1.82, 2.24) is 0 Å². The van der Waals surface area contributed by atoms with Gasteiger partial charge in [-0.15, -0.1) is 0 Å². The van der Waals surface area contributed by atoms with E-state index in [4.69, 9.17) is 15.3 Å². The first kappa shape index (κ1) is 9.24. The number of aryl methyl sites for hydroxylation is 1. The maximum Gasteiger partial charge on any atom is 0.134 e. The first-order chi connectivity index (χ1) is 6.70. The average Bonchev–Trinajstić information content (AvgIpc) is 2.59. The zero-order valence-electron chi connectivity index (χ0n) is 8.03. The molecule has 3 heteroatoms. The van der Waals surface area contributed by atoms with E-state index >= 15 is 0 Å². The van der Waals surface area contributed by atoms with Crippen LogP contribution in [0.5, 0.6) is 0 Å². The van der Waals surface area contributed by atoms with E-state index in [0.717, 1.165) is 11.0 Å². The standard InChI is InChI=1S/C11H13NO2/c1-7-2-3-10-8(4-7)5-11(14-10)9(12)6-13/h2-5,9,13H,6,12H2,1H3/t9-/m1/s1. The summed E-state index contributed by atoms with van der Waals surface area (Å²) in [6.45, 7) is 1.93. The number of aliphatic hydroxyl groups excluding tert-OH is 1. The smallest absolute Gasteiger partial charge is 0.134 e. The van der Waals surface area contributed by atoms with Gasteiger partial charge < -0.3 is 15.3 Å². The summed E-state index contributed by atoms with van der Waals surface area (Å²) in [6.07, 6.45) is 0. The molecular weight excluding hydrogens is 178 g/mol. The molecule has 0 amide bonds. The molecule has 0 aliphatic rings. The second-order valence-corrected chi connectivity index (χ2v) is 3.48. The minimum atomic E-state index is -0.428. The number of rotatable bonds is 2. The van der Waals surface area contributed by atoms with Gasteiger partial charge in [-0.2, -0.15) is 0 Å². The summed E-state index contributed by atoms with van der Waals surface area (Å²) >= 11 is 0. The molecule has 0 aliphatic heterocycles. The molecule has 1 atom stereocenters. The van der Waals surface area contributed by atoms with E-state index in [0.29, 0.717) is 5.76 Å². The van der Waals surface area contributed by atoms with Crippen LogP contribution in [0.3, 0.4) is 0 Å². The Morgan fingerprint density at radius 2 is 2.21 bits per heavy atom. The van der Waals surface area contributed by atoms with Gasteiger partial charge in [-0.3, -0.25) is 0 Å². The van der Waals surface area contributed by atoms with Crippen LogP contribution in [0.15, 0.2) is 28.7 Å². The van der Waals surface area contributed by atoms with Crippen molar-refractivity contribution in [2.75, 3.05) is 6.61 Å². The summed E-state index contributed by atoms with van der Waals surface area (Å²) in [5.74, 6) is 0.633. The van der Waals surface area contributed by atoms with Gasteiger partial charge in [0.1, 0.15) is 11.3 Å². The van der Waals surface area contributed by atoms with Gasteiger partial charge in [-0.1, -0.05) is 11.6 Å². The highest BCUT2D eigenvalue weighted by molar-refractivity contribution is 5.78. The first-order valence-corrected chi connectivity index (χ1v) is 4.57. The Hall–Kier alpha value is -1.32. The summed E-state index contributed by atoms with van der Waals surface area (Å²) in [5, 5.41) is 9.91. The van der Waals surface area contributed by atoms with Crippen molar-refractivity contribution in [3.63, 3.8) is 0 Å². The van der Waals surface area contributed by atoms with Crippen LogP contribution in [0.2, 0.25) is 0 Å². The number of hydrogen-bond donors (Lipinski definition) is 2. The molecule has 1 aromatic heterocycles. The molecule has 14 heavy (non-hydrogen) atoms. The third-order valence-corrected chi connectivity index (χ3v) is 2.25. The minimum Gasteiger partial charge on any atom is -0.459 e. The van der Waals surface area contributed by atoms with Gasteiger partial charge in [0.25, 0.3) is 0 Å². The topological polar surface area (TPSA) is 59.4 Å². The van der Waals surface area contributed by atoms with Gasteiger partial charge in [0, 0.05) is 5.39 Å². The predicted octanol–water partition coefficient (Wildman–Crippen LogP) is 1.73. The van der Waals surface area contributed by atoms with Gasteiger partial charge in [0.2, 0.25) is 0 Å². The Bertz CT molecular complexity index is 447. The van der Waals surface area contributed by atoms with Crippen LogP contribution in [-0.4, -0.2) is 11.7 Å². The van der Waals surface area contributed by atoms with Gasteiger partial charge in [-0.05, 0) is 25.1 Å². The molecule has 2 rings (SSSR count). The Labute approximate surface area is 82.1 Å². The molecule has 2 aromatic rings. The third kappa shape index (κ3) is 1.52. The van der Waals surface area contributed by atoms with Crippen LogP contribution in [-0.2, 0) is 0 Å². The van der Waals surface area contributed by atoms with Gasteiger partial charge in [-0.25, -0.2) is 0 Å². The van der Waals surface area contributed by atoms with Crippen molar-refractivity contribution in [2.45, 2.75) is 13.0 Å². The molecule has 0 aliphatic carbocycles. The number of benzene rings is 1. The quantitative estimate of drug-likeness (QED) is 0.760. The van der Waals surface area contributed by atoms with Crippen LogP contribution >= 0.6 is 0 Å². The molecule has 3 nitrogen and oxygen atoms in total. The molecule has 0 saturated heterocycles. The number of furan rings is 1. The lowest BCUT2D eigenvalue weighted by Gasteiger charge is -2.01. The van der Waals surface area contributed by atoms with E-state index in [2.05, 4.69) is 0 Å². The highest BCUT2D eigenvalue weighted by Gasteiger charge is 2.10. The van der Waals surface area contributed by atoms with E-state index < -0.39 is 6.04 Å². The summed E-state index contributed by atoms with van der Waals surface area (Å²) in [5.41, 5.74) is 7.65. The Morgan fingerprint density at radius 3 is 2.93 bits per heavy atom. The molecule has 1 aromatic carbocycles. The van der Waals surface area contributed by atoms with Crippen LogP contribution in [0.1, 0.15) is 17.4 Å². The van der Waals surface area contributed by atoms with Gasteiger partial charge in [0.15, 0.2) is 0 Å². The first-order valence-electron chi connectivity index (χ1n) is 4.57. The molecule has 74 valence electrons. The zero-order valence-corrected chi connectivity index (χ0v) is 8.03. The van der Waals surface area contributed by atoms with Crippen LogP contribution in [0.25, 0.3) is 11.0 Å². The Balaban J connectivity index is 2.51. The monoisotopic (exact) mass is 191 g/mol. The second-order valence-electron chi connectivity index (χ2n) is 3.48. The van der Waals surface area contributed by atoms with Crippen LogP contribution in [0, 0.1) is 6.92 Å². The lowest BCUT2D eigenvalue weighted by Crippen LogP contribution is -2.13. The Kier molecular flexibility index (Phi) is 2.27. The van der Waals surface area contributed by atoms with Crippen molar-refractivity contribution in [3.05, 3.63) is 35.6 Å². The Morgan fingerprint density at radius 1 is 1.43 bits per heavy atom. The molecule has 0 saturated carbocycles. The fourth-order valence-corrected chi connectivity index (χ4v) is 1.46. The molecular formula is C11H13NO2. The van der Waals surface area contributed by atoms with E-state index in [9.17, 15) is 0 Å². The summed E-state index contributed by atoms with van der Waals surface area (Å²) in [7, 11) is 0. The third-order valence-electron chi connectivity index (χ3n) is 2.25. The van der Waals surface area contributed by atoms with Crippen molar-refractivity contribution in [2.24, 2.45) is 5.73 Å². The van der Waals surface area contributed by atoms with E-state index in [1.165, 1.54) is 5.56 Å². The van der Waals surface area contributed by atoms with Crippen molar-refractivity contribution < 1.29 is 9.52 Å². The highest BCUT2D eigenvalue weighted by atomic mass is 16.3. The summed E-state index contributed by atoms with van der Waals surface area (Å²) < 4.78 is 5.49. The molecule has 0 spiro atoms. The number of fused-ring (bicyclic) bond motifs is 1.